The molecule has 1 N–H and O–H groups in total. The van der Waals surface area contributed by atoms with E-state index in [1.165, 1.54) is 0 Å². The van der Waals surface area contributed by atoms with Crippen LogP contribution in [0, 0.1) is 6.92 Å². The maximum atomic E-state index is 12.4. The molecule has 1 aromatic heterocycles. The van der Waals surface area contributed by atoms with Crippen molar-refractivity contribution < 1.29 is 4.79 Å². The first-order valence-corrected chi connectivity index (χ1v) is 6.98. The molecule has 1 aromatic carbocycles. The van der Waals surface area contributed by atoms with Crippen LogP contribution < -0.4 is 5.32 Å². The van der Waals surface area contributed by atoms with Crippen LogP contribution in [0.25, 0.3) is 0 Å². The Balaban J connectivity index is 1.83. The number of aromatic nitrogens is 3. The number of aryl methyl sites for hydroxylation is 1. The van der Waals surface area contributed by atoms with E-state index in [4.69, 9.17) is 0 Å². The molecule has 20 heavy (non-hydrogen) atoms. The maximum Gasteiger partial charge on any atom is 0.215 e. The molecule has 1 aliphatic heterocycles. The summed E-state index contributed by atoms with van der Waals surface area (Å²) in [5.74, 6) is -0.0525. The van der Waals surface area contributed by atoms with Gasteiger partial charge >= 0.3 is 0 Å². The average molecular weight is 270 g/mol. The van der Waals surface area contributed by atoms with Gasteiger partial charge in [0.1, 0.15) is 0 Å². The van der Waals surface area contributed by atoms with Crippen molar-refractivity contribution in [1.82, 2.24) is 20.3 Å². The number of ketones is 1. The normalized spacial score (nSPS) is 16.2. The molecule has 0 unspecified atom stereocenters. The summed E-state index contributed by atoms with van der Waals surface area (Å²) < 4.78 is 1.84. The highest BCUT2D eigenvalue weighted by atomic mass is 16.1. The number of piperidine rings is 1. The van der Waals surface area contributed by atoms with Gasteiger partial charge in [0.2, 0.25) is 5.78 Å². The minimum atomic E-state index is -0.0525. The number of nitrogens with one attached hydrogen (secondary N) is 1. The Kier molecular flexibility index (Phi) is 3.60. The smallest absolute Gasteiger partial charge is 0.215 e. The van der Waals surface area contributed by atoms with Crippen molar-refractivity contribution >= 4 is 5.78 Å². The zero-order chi connectivity index (χ0) is 13.9. The molecule has 2 heterocycles. The van der Waals surface area contributed by atoms with E-state index in [9.17, 15) is 4.79 Å². The summed E-state index contributed by atoms with van der Waals surface area (Å²) in [5, 5.41) is 11.5. The van der Waals surface area contributed by atoms with Crippen molar-refractivity contribution in [2.45, 2.75) is 25.8 Å². The van der Waals surface area contributed by atoms with Crippen LogP contribution in [-0.4, -0.2) is 33.9 Å². The van der Waals surface area contributed by atoms with Gasteiger partial charge in [0.25, 0.3) is 0 Å². The van der Waals surface area contributed by atoms with E-state index >= 15 is 0 Å². The number of carbonyl (C=O) groups is 1. The lowest BCUT2D eigenvalue weighted by atomic mass is 10.0. The van der Waals surface area contributed by atoms with Gasteiger partial charge in [-0.05, 0) is 38.4 Å². The van der Waals surface area contributed by atoms with Crippen molar-refractivity contribution in [2.75, 3.05) is 13.1 Å². The minimum absolute atomic E-state index is 0.0525. The van der Waals surface area contributed by atoms with Gasteiger partial charge in [-0.25, -0.2) is 4.68 Å². The Morgan fingerprint density at radius 3 is 2.80 bits per heavy atom. The number of hydrogen-bond acceptors (Lipinski definition) is 4. The summed E-state index contributed by atoms with van der Waals surface area (Å²) in [4.78, 5) is 12.4. The third-order valence-corrected chi connectivity index (χ3v) is 3.82. The van der Waals surface area contributed by atoms with E-state index < -0.39 is 0 Å². The Hall–Kier alpha value is -2.01. The van der Waals surface area contributed by atoms with Crippen LogP contribution in [0.2, 0.25) is 0 Å². The monoisotopic (exact) mass is 270 g/mol. The largest absolute Gasteiger partial charge is 0.317 e. The summed E-state index contributed by atoms with van der Waals surface area (Å²) in [5.41, 5.74) is 2.09. The Bertz CT molecular complexity index is 614. The van der Waals surface area contributed by atoms with Crippen LogP contribution in [0.15, 0.2) is 30.5 Å². The van der Waals surface area contributed by atoms with Crippen molar-refractivity contribution in [3.05, 3.63) is 47.3 Å². The van der Waals surface area contributed by atoms with Gasteiger partial charge in [-0.1, -0.05) is 29.5 Å². The number of carbonyl (C=O) groups excluding carboxylic acids is 1. The maximum absolute atomic E-state index is 12.4. The van der Waals surface area contributed by atoms with Crippen LogP contribution in [0.1, 0.15) is 40.5 Å². The Labute approximate surface area is 118 Å². The fraction of sp³-hybridized carbons (Fsp3) is 0.400. The van der Waals surface area contributed by atoms with Gasteiger partial charge < -0.3 is 5.32 Å². The summed E-state index contributed by atoms with van der Waals surface area (Å²) in [6.07, 6.45) is 3.84. The molecule has 0 bridgehead atoms. The summed E-state index contributed by atoms with van der Waals surface area (Å²) in [6.45, 7) is 3.92. The molecule has 1 saturated heterocycles. The van der Waals surface area contributed by atoms with Gasteiger partial charge in [-0.15, -0.1) is 5.10 Å². The van der Waals surface area contributed by atoms with Gasteiger partial charge in [0.15, 0.2) is 5.69 Å². The highest BCUT2D eigenvalue weighted by Gasteiger charge is 2.20. The number of benzene rings is 1. The molecular formula is C15H18N4O. The molecule has 0 saturated carbocycles. The van der Waals surface area contributed by atoms with Gasteiger partial charge in [0, 0.05) is 5.56 Å². The molecule has 0 aliphatic carbocycles. The number of nitrogens with zero attached hydrogens (tertiary/aromatic N) is 3. The molecule has 1 aliphatic rings. The first kappa shape index (κ1) is 13.0. The zero-order valence-corrected chi connectivity index (χ0v) is 11.5. The lowest BCUT2D eigenvalue weighted by molar-refractivity contribution is 0.103. The molecule has 0 spiro atoms. The van der Waals surface area contributed by atoms with E-state index in [0.29, 0.717) is 17.3 Å². The molecule has 5 heteroatoms. The standard InChI is InChI=1S/C15H18N4O/c1-11-4-2-3-5-13(11)15(20)14-10-19(18-17-14)12-6-8-16-9-7-12/h2-5,10,12,16H,6-9H2,1H3. The fourth-order valence-electron chi connectivity index (χ4n) is 2.60. The second-order valence-corrected chi connectivity index (χ2v) is 5.21. The molecule has 0 amide bonds. The van der Waals surface area contributed by atoms with E-state index in [0.717, 1.165) is 31.5 Å². The number of rotatable bonds is 3. The highest BCUT2D eigenvalue weighted by molar-refractivity contribution is 6.08. The van der Waals surface area contributed by atoms with Crippen LogP contribution in [0.4, 0.5) is 0 Å². The summed E-state index contributed by atoms with van der Waals surface area (Å²) >= 11 is 0. The number of hydrogen-bond donors (Lipinski definition) is 1. The molecular weight excluding hydrogens is 252 g/mol. The molecule has 3 rings (SSSR count). The SMILES string of the molecule is Cc1ccccc1C(=O)c1cn(C2CCNCC2)nn1. The molecule has 0 atom stereocenters. The van der Waals surface area contributed by atoms with Crippen LogP contribution >= 0.6 is 0 Å². The van der Waals surface area contributed by atoms with E-state index in [-0.39, 0.29) is 5.78 Å². The lowest BCUT2D eigenvalue weighted by Crippen LogP contribution is -2.29. The van der Waals surface area contributed by atoms with Crippen molar-refractivity contribution in [1.29, 1.82) is 0 Å². The quantitative estimate of drug-likeness (QED) is 0.863. The van der Waals surface area contributed by atoms with Gasteiger partial charge in [-0.3, -0.25) is 4.79 Å². The van der Waals surface area contributed by atoms with Crippen LogP contribution in [-0.2, 0) is 0 Å². The third-order valence-electron chi connectivity index (χ3n) is 3.82. The molecule has 2 aromatic rings. The van der Waals surface area contributed by atoms with Gasteiger partial charge in [-0.2, -0.15) is 0 Å². The molecule has 1 fully saturated rings. The van der Waals surface area contributed by atoms with E-state index in [1.807, 2.05) is 35.9 Å². The topological polar surface area (TPSA) is 59.8 Å². The average Bonchev–Trinajstić information content (AvgIpc) is 2.98. The molecule has 0 radical (unpaired) electrons. The summed E-state index contributed by atoms with van der Waals surface area (Å²) in [7, 11) is 0. The molecule has 5 nitrogen and oxygen atoms in total. The van der Waals surface area contributed by atoms with Crippen LogP contribution in [0.3, 0.4) is 0 Å². The predicted octanol–water partition coefficient (Wildman–Crippen LogP) is 1.74. The van der Waals surface area contributed by atoms with Crippen LogP contribution in [0.5, 0.6) is 0 Å². The fourth-order valence-corrected chi connectivity index (χ4v) is 2.60. The van der Waals surface area contributed by atoms with E-state index in [2.05, 4.69) is 15.6 Å². The molecule has 104 valence electrons. The van der Waals surface area contributed by atoms with E-state index in [1.54, 1.807) is 6.20 Å². The Morgan fingerprint density at radius 1 is 1.30 bits per heavy atom. The Morgan fingerprint density at radius 2 is 2.05 bits per heavy atom. The van der Waals surface area contributed by atoms with Gasteiger partial charge in [0.05, 0.1) is 12.2 Å². The highest BCUT2D eigenvalue weighted by Crippen LogP contribution is 2.18. The lowest BCUT2D eigenvalue weighted by Gasteiger charge is -2.22. The minimum Gasteiger partial charge on any atom is -0.317 e. The van der Waals surface area contributed by atoms with Crippen molar-refractivity contribution in [3.8, 4) is 0 Å². The summed E-state index contributed by atoms with van der Waals surface area (Å²) in [6, 6.07) is 7.92. The first-order valence-electron chi connectivity index (χ1n) is 6.98. The second kappa shape index (κ2) is 5.54. The second-order valence-electron chi connectivity index (χ2n) is 5.21. The van der Waals surface area contributed by atoms with Crippen molar-refractivity contribution in [2.24, 2.45) is 0 Å². The van der Waals surface area contributed by atoms with Crippen molar-refractivity contribution in [3.63, 3.8) is 0 Å². The third kappa shape index (κ3) is 2.49. The zero-order valence-electron chi connectivity index (χ0n) is 11.5. The predicted molar refractivity (Wildman–Crippen MR) is 75.8 cm³/mol. The first-order chi connectivity index (χ1) is 9.75.